The Morgan fingerprint density at radius 1 is 1.12 bits per heavy atom. The molecule has 7 nitrogen and oxygen atoms in total. The van der Waals surface area contributed by atoms with E-state index in [2.05, 4.69) is 20.3 Å². The van der Waals surface area contributed by atoms with Crippen molar-refractivity contribution in [2.45, 2.75) is 13.0 Å². The first-order valence-electron chi connectivity index (χ1n) is 7.33. The molecular formula is C17H14N6O. The van der Waals surface area contributed by atoms with Gasteiger partial charge in [0, 0.05) is 17.4 Å². The number of benzene rings is 2. The zero-order chi connectivity index (χ0) is 16.9. The maximum Gasteiger partial charge on any atom is 0.245 e. The first-order chi connectivity index (χ1) is 11.7. The van der Waals surface area contributed by atoms with Crippen molar-refractivity contribution in [2.24, 2.45) is 5.11 Å². The first kappa shape index (κ1) is 15.5. The van der Waals surface area contributed by atoms with Gasteiger partial charge in [0.1, 0.15) is 17.4 Å². The highest BCUT2D eigenvalue weighted by Crippen LogP contribution is 2.32. The van der Waals surface area contributed by atoms with Crippen LogP contribution in [0.25, 0.3) is 21.7 Å². The van der Waals surface area contributed by atoms with Gasteiger partial charge < -0.3 is 0 Å². The lowest BCUT2D eigenvalue weighted by molar-refractivity contribution is 0.0921. The summed E-state index contributed by atoms with van der Waals surface area (Å²) >= 11 is 0. The predicted molar refractivity (Wildman–Crippen MR) is 89.2 cm³/mol. The number of aromatic nitrogens is 3. The molecule has 7 heteroatoms. The summed E-state index contributed by atoms with van der Waals surface area (Å²) in [6, 6.07) is 17.9. The van der Waals surface area contributed by atoms with Crippen molar-refractivity contribution in [1.29, 1.82) is 0 Å². The summed E-state index contributed by atoms with van der Waals surface area (Å²) in [5.41, 5.74) is 11.5. The summed E-state index contributed by atoms with van der Waals surface area (Å²) < 4.78 is 1.23. The molecule has 0 bridgehead atoms. The van der Waals surface area contributed by atoms with Crippen molar-refractivity contribution >= 4 is 5.91 Å². The molecule has 0 saturated heterocycles. The molecule has 3 aromatic rings. The molecule has 0 aliphatic carbocycles. The van der Waals surface area contributed by atoms with Gasteiger partial charge in [-0.2, -0.15) is 4.68 Å². The highest BCUT2D eigenvalue weighted by Gasteiger charge is 2.25. The van der Waals surface area contributed by atoms with Crippen LogP contribution in [0, 0.1) is 0 Å². The van der Waals surface area contributed by atoms with Crippen LogP contribution in [-0.2, 0) is 0 Å². The number of hydrogen-bond acceptors (Lipinski definition) is 4. The molecule has 0 N–H and O–H groups in total. The summed E-state index contributed by atoms with van der Waals surface area (Å²) in [5, 5.41) is 12.0. The third kappa shape index (κ3) is 2.88. The minimum atomic E-state index is -0.667. The van der Waals surface area contributed by atoms with E-state index >= 15 is 0 Å². The number of carbonyl (C=O) groups excluding carboxylic acids is 1. The van der Waals surface area contributed by atoms with Gasteiger partial charge in [-0.1, -0.05) is 71.0 Å². The lowest BCUT2D eigenvalue weighted by Crippen LogP contribution is -2.10. The monoisotopic (exact) mass is 318 g/mol. The van der Waals surface area contributed by atoms with E-state index in [9.17, 15) is 4.79 Å². The van der Waals surface area contributed by atoms with E-state index < -0.39 is 6.04 Å². The van der Waals surface area contributed by atoms with Crippen LogP contribution in [-0.4, -0.2) is 20.9 Å². The molecular weight excluding hydrogens is 304 g/mol. The number of azide groups is 1. The molecule has 3 rings (SSSR count). The van der Waals surface area contributed by atoms with Gasteiger partial charge in [0.05, 0.1) is 0 Å². The minimum absolute atomic E-state index is 0.264. The third-order valence-electron chi connectivity index (χ3n) is 3.58. The molecule has 1 heterocycles. The Morgan fingerprint density at radius 2 is 1.75 bits per heavy atom. The molecule has 0 radical (unpaired) electrons. The predicted octanol–water partition coefficient (Wildman–Crippen LogP) is 4.00. The Kier molecular flexibility index (Phi) is 4.36. The molecule has 0 aliphatic rings. The average molecular weight is 318 g/mol. The zero-order valence-corrected chi connectivity index (χ0v) is 12.9. The van der Waals surface area contributed by atoms with Gasteiger partial charge in [-0.15, -0.1) is 5.10 Å². The van der Waals surface area contributed by atoms with Crippen molar-refractivity contribution in [1.82, 2.24) is 15.0 Å². The van der Waals surface area contributed by atoms with Gasteiger partial charge in [0.15, 0.2) is 0 Å². The van der Waals surface area contributed by atoms with E-state index in [1.165, 1.54) is 11.6 Å². The standard InChI is InChI=1S/C17H14N6O/c1-12(24)23-17(14-10-6-3-7-11-14)16(20-22-23)15(19-21-18)13-8-4-2-5-9-13/h2-11,15H,1H3. The fourth-order valence-corrected chi connectivity index (χ4v) is 2.53. The highest BCUT2D eigenvalue weighted by molar-refractivity contribution is 5.81. The Labute approximate surface area is 138 Å². The Balaban J connectivity index is 2.23. The second kappa shape index (κ2) is 6.76. The van der Waals surface area contributed by atoms with Crippen LogP contribution in [0.3, 0.4) is 0 Å². The molecule has 2 aromatic carbocycles. The lowest BCUT2D eigenvalue weighted by Gasteiger charge is -2.12. The van der Waals surface area contributed by atoms with E-state index in [0.717, 1.165) is 11.1 Å². The van der Waals surface area contributed by atoms with Crippen molar-refractivity contribution in [3.63, 3.8) is 0 Å². The Morgan fingerprint density at radius 3 is 2.33 bits per heavy atom. The Hall–Kier alpha value is -3.44. The summed E-state index contributed by atoms with van der Waals surface area (Å²) in [7, 11) is 0. The van der Waals surface area contributed by atoms with E-state index in [-0.39, 0.29) is 5.91 Å². The second-order valence-corrected chi connectivity index (χ2v) is 5.14. The van der Waals surface area contributed by atoms with Crippen molar-refractivity contribution in [2.75, 3.05) is 0 Å². The maximum absolute atomic E-state index is 11.9. The average Bonchev–Trinajstić information content (AvgIpc) is 3.06. The molecule has 0 fully saturated rings. The zero-order valence-electron chi connectivity index (χ0n) is 12.9. The van der Waals surface area contributed by atoms with Gasteiger partial charge >= 0.3 is 0 Å². The molecule has 0 aliphatic heterocycles. The Bertz CT molecular complexity index is 897. The number of hydrogen-bond donors (Lipinski definition) is 0. The summed E-state index contributed by atoms with van der Waals surface area (Å²) in [6.45, 7) is 1.41. The fourth-order valence-electron chi connectivity index (χ4n) is 2.53. The molecule has 1 aromatic heterocycles. The topological polar surface area (TPSA) is 96.5 Å². The maximum atomic E-state index is 11.9. The van der Waals surface area contributed by atoms with Crippen LogP contribution in [0.4, 0.5) is 0 Å². The van der Waals surface area contributed by atoms with Gasteiger partial charge in [-0.3, -0.25) is 4.79 Å². The quantitative estimate of drug-likeness (QED) is 0.413. The molecule has 1 unspecified atom stereocenters. The van der Waals surface area contributed by atoms with Gasteiger partial charge in [0.25, 0.3) is 0 Å². The third-order valence-corrected chi connectivity index (χ3v) is 3.58. The molecule has 0 saturated carbocycles. The summed E-state index contributed by atoms with van der Waals surface area (Å²) in [6.07, 6.45) is 0. The number of rotatable bonds is 4. The molecule has 24 heavy (non-hydrogen) atoms. The molecule has 0 spiro atoms. The van der Waals surface area contributed by atoms with Crippen LogP contribution < -0.4 is 0 Å². The van der Waals surface area contributed by atoms with Crippen LogP contribution in [0.2, 0.25) is 0 Å². The molecule has 0 amide bonds. The summed E-state index contributed by atoms with van der Waals surface area (Å²) in [5.74, 6) is -0.264. The van der Waals surface area contributed by atoms with E-state index in [1.54, 1.807) is 0 Å². The second-order valence-electron chi connectivity index (χ2n) is 5.14. The SMILES string of the molecule is CC(=O)n1nnc(C(N=[N+]=[N-])c2ccccc2)c1-c1ccccc1. The first-order valence-corrected chi connectivity index (χ1v) is 7.33. The van der Waals surface area contributed by atoms with Crippen LogP contribution >= 0.6 is 0 Å². The van der Waals surface area contributed by atoms with Crippen molar-refractivity contribution < 1.29 is 4.79 Å². The van der Waals surface area contributed by atoms with E-state index in [4.69, 9.17) is 5.53 Å². The normalized spacial score (nSPS) is 11.5. The van der Waals surface area contributed by atoms with Crippen LogP contribution in [0.1, 0.15) is 29.0 Å². The molecule has 118 valence electrons. The largest absolute Gasteiger partial charge is 0.273 e. The van der Waals surface area contributed by atoms with Gasteiger partial charge in [-0.05, 0) is 11.1 Å². The summed E-state index contributed by atoms with van der Waals surface area (Å²) in [4.78, 5) is 14.9. The molecule has 1 atom stereocenters. The minimum Gasteiger partial charge on any atom is -0.273 e. The van der Waals surface area contributed by atoms with Crippen LogP contribution in [0.5, 0.6) is 0 Å². The van der Waals surface area contributed by atoms with Gasteiger partial charge in [-0.25, -0.2) is 0 Å². The number of carbonyl (C=O) groups is 1. The van der Waals surface area contributed by atoms with E-state index in [1.807, 2.05) is 60.7 Å². The fraction of sp³-hybridized carbons (Fsp3) is 0.118. The smallest absolute Gasteiger partial charge is 0.245 e. The highest BCUT2D eigenvalue weighted by atomic mass is 16.2. The van der Waals surface area contributed by atoms with Crippen molar-refractivity contribution in [3.05, 3.63) is 82.4 Å². The number of nitrogens with zero attached hydrogens (tertiary/aromatic N) is 6. The lowest BCUT2D eigenvalue weighted by atomic mass is 10.00. The van der Waals surface area contributed by atoms with Crippen molar-refractivity contribution in [3.8, 4) is 11.3 Å². The van der Waals surface area contributed by atoms with Crippen LogP contribution in [0.15, 0.2) is 65.8 Å². The van der Waals surface area contributed by atoms with E-state index in [0.29, 0.717) is 11.4 Å². The van der Waals surface area contributed by atoms with Gasteiger partial charge in [0.2, 0.25) is 5.91 Å².